The van der Waals surface area contributed by atoms with Gasteiger partial charge in [0.25, 0.3) is 10.2 Å². The maximum atomic E-state index is 12.5. The summed E-state index contributed by atoms with van der Waals surface area (Å²) in [6.45, 7) is 1.73. The van der Waals surface area contributed by atoms with Crippen molar-refractivity contribution < 1.29 is 8.42 Å². The van der Waals surface area contributed by atoms with Crippen LogP contribution < -0.4 is 5.73 Å². The van der Waals surface area contributed by atoms with Crippen LogP contribution in [0.4, 0.5) is 0 Å². The fourth-order valence-electron chi connectivity index (χ4n) is 2.31. The van der Waals surface area contributed by atoms with Gasteiger partial charge in [0.2, 0.25) is 0 Å². The van der Waals surface area contributed by atoms with Crippen LogP contribution >= 0.6 is 12.2 Å². The van der Waals surface area contributed by atoms with Gasteiger partial charge in [-0.3, -0.25) is 0 Å². The van der Waals surface area contributed by atoms with Gasteiger partial charge in [-0.2, -0.15) is 17.0 Å². The van der Waals surface area contributed by atoms with Crippen LogP contribution in [0.1, 0.15) is 38.5 Å². The lowest BCUT2D eigenvalue weighted by Gasteiger charge is -2.32. The van der Waals surface area contributed by atoms with Crippen LogP contribution in [-0.2, 0) is 10.2 Å². The zero-order valence-corrected chi connectivity index (χ0v) is 12.2. The molecule has 0 radical (unpaired) electrons. The monoisotopic (exact) mass is 291 g/mol. The molecular weight excluding hydrogens is 270 g/mol. The summed E-state index contributed by atoms with van der Waals surface area (Å²) in [4.78, 5) is 0.384. The van der Waals surface area contributed by atoms with Gasteiger partial charge >= 0.3 is 0 Å². The molecule has 1 aliphatic heterocycles. The molecule has 18 heavy (non-hydrogen) atoms. The molecule has 0 aromatic rings. The van der Waals surface area contributed by atoms with E-state index < -0.39 is 10.2 Å². The predicted molar refractivity (Wildman–Crippen MR) is 75.5 cm³/mol. The minimum absolute atomic E-state index is 0.172. The van der Waals surface area contributed by atoms with E-state index >= 15 is 0 Å². The molecule has 2 N–H and O–H groups in total. The Morgan fingerprint density at radius 3 is 2.39 bits per heavy atom. The molecule has 1 saturated heterocycles. The highest BCUT2D eigenvalue weighted by molar-refractivity contribution is 7.86. The molecule has 0 aromatic heterocycles. The maximum absolute atomic E-state index is 12.5. The number of piperidine rings is 1. The van der Waals surface area contributed by atoms with E-state index in [0.29, 0.717) is 31.0 Å². The Kier molecular flexibility index (Phi) is 4.58. The molecule has 0 aromatic carbocycles. The van der Waals surface area contributed by atoms with Crippen LogP contribution in [0.25, 0.3) is 0 Å². The van der Waals surface area contributed by atoms with Gasteiger partial charge in [0.15, 0.2) is 0 Å². The molecule has 7 heteroatoms. The molecule has 2 fully saturated rings. The van der Waals surface area contributed by atoms with Gasteiger partial charge in [-0.25, -0.2) is 0 Å². The minimum Gasteiger partial charge on any atom is -0.393 e. The van der Waals surface area contributed by atoms with Crippen molar-refractivity contribution in [2.24, 2.45) is 5.73 Å². The van der Waals surface area contributed by atoms with Gasteiger partial charge in [0, 0.05) is 32.1 Å². The van der Waals surface area contributed by atoms with Crippen molar-refractivity contribution in [3.8, 4) is 0 Å². The third kappa shape index (κ3) is 3.40. The number of hydrogen-bond acceptors (Lipinski definition) is 3. The number of nitrogens with two attached hydrogens (primary N) is 1. The lowest BCUT2D eigenvalue weighted by Crippen LogP contribution is -2.47. The number of thiocarbonyl (C=S) groups is 1. The molecule has 104 valence electrons. The van der Waals surface area contributed by atoms with Crippen molar-refractivity contribution in [1.82, 2.24) is 8.61 Å². The maximum Gasteiger partial charge on any atom is 0.282 e. The first-order valence-electron chi connectivity index (χ1n) is 6.57. The Balaban J connectivity index is 2.05. The number of hydrogen-bond donors (Lipinski definition) is 1. The fraction of sp³-hybridized carbons (Fsp3) is 0.909. The van der Waals surface area contributed by atoms with Gasteiger partial charge < -0.3 is 5.73 Å². The highest BCUT2D eigenvalue weighted by atomic mass is 32.2. The van der Waals surface area contributed by atoms with Crippen molar-refractivity contribution in [3.63, 3.8) is 0 Å². The van der Waals surface area contributed by atoms with Gasteiger partial charge in [-0.1, -0.05) is 18.6 Å². The van der Waals surface area contributed by atoms with Crippen molar-refractivity contribution >= 4 is 27.4 Å². The molecule has 0 atom stereocenters. The summed E-state index contributed by atoms with van der Waals surface area (Å²) in [7, 11) is -3.31. The van der Waals surface area contributed by atoms with Crippen LogP contribution in [0.15, 0.2) is 0 Å². The Morgan fingerprint density at radius 1 is 1.28 bits per heavy atom. The van der Waals surface area contributed by atoms with E-state index in [1.54, 1.807) is 8.61 Å². The topological polar surface area (TPSA) is 66.6 Å². The van der Waals surface area contributed by atoms with E-state index in [1.807, 2.05) is 0 Å². The average Bonchev–Trinajstić information content (AvgIpc) is 3.14. The Hall–Kier alpha value is -0.240. The summed E-state index contributed by atoms with van der Waals surface area (Å²) in [6.07, 6.45) is 5.45. The summed E-state index contributed by atoms with van der Waals surface area (Å²) in [6, 6.07) is 0.172. The molecule has 1 saturated carbocycles. The first kappa shape index (κ1) is 14.2. The van der Waals surface area contributed by atoms with E-state index in [2.05, 4.69) is 0 Å². The zero-order valence-electron chi connectivity index (χ0n) is 10.5. The standard InChI is InChI=1S/C11H21N3O2S2/c12-11(17)6-9-14(10-4-5-10)18(15,16)13-7-2-1-3-8-13/h10H,1-9H2,(H2,12,17). The summed E-state index contributed by atoms with van der Waals surface area (Å²) in [5.74, 6) is 0. The molecule has 5 nitrogen and oxygen atoms in total. The second kappa shape index (κ2) is 5.81. The normalized spacial score (nSPS) is 22.3. The number of rotatable bonds is 6. The Morgan fingerprint density at radius 2 is 1.89 bits per heavy atom. The van der Waals surface area contributed by atoms with Crippen molar-refractivity contribution in [2.45, 2.75) is 44.6 Å². The fourth-order valence-corrected chi connectivity index (χ4v) is 4.33. The SMILES string of the molecule is NC(=S)CCN(C1CC1)S(=O)(=O)N1CCCCC1. The third-order valence-corrected chi connectivity index (χ3v) is 5.77. The second-order valence-corrected chi connectivity index (χ2v) is 7.43. The second-order valence-electron chi connectivity index (χ2n) is 5.03. The first-order chi connectivity index (χ1) is 8.51. The molecular formula is C11H21N3O2S2. The van der Waals surface area contributed by atoms with Crippen molar-refractivity contribution in [2.75, 3.05) is 19.6 Å². The highest BCUT2D eigenvalue weighted by Crippen LogP contribution is 2.31. The Labute approximate surface area is 114 Å². The molecule has 2 rings (SSSR count). The molecule has 2 aliphatic rings. The van der Waals surface area contributed by atoms with Crippen LogP contribution in [0.5, 0.6) is 0 Å². The van der Waals surface area contributed by atoms with E-state index in [-0.39, 0.29) is 6.04 Å². The van der Waals surface area contributed by atoms with Crippen molar-refractivity contribution in [1.29, 1.82) is 0 Å². The summed E-state index contributed by atoms with van der Waals surface area (Å²) >= 11 is 4.84. The molecule has 0 bridgehead atoms. The van der Waals surface area contributed by atoms with E-state index in [0.717, 1.165) is 32.1 Å². The summed E-state index contributed by atoms with van der Waals surface area (Å²) in [5, 5.41) is 0. The summed E-state index contributed by atoms with van der Waals surface area (Å²) in [5.41, 5.74) is 5.48. The van der Waals surface area contributed by atoms with E-state index in [9.17, 15) is 8.42 Å². The van der Waals surface area contributed by atoms with Gasteiger partial charge in [0.1, 0.15) is 0 Å². The zero-order chi connectivity index (χ0) is 13.2. The van der Waals surface area contributed by atoms with E-state index in [4.69, 9.17) is 18.0 Å². The van der Waals surface area contributed by atoms with Crippen LogP contribution in [-0.4, -0.2) is 47.7 Å². The van der Waals surface area contributed by atoms with Crippen LogP contribution in [0.3, 0.4) is 0 Å². The Bertz CT molecular complexity index is 401. The van der Waals surface area contributed by atoms with Gasteiger partial charge in [0.05, 0.1) is 4.99 Å². The van der Waals surface area contributed by atoms with Gasteiger partial charge in [-0.05, 0) is 25.7 Å². The van der Waals surface area contributed by atoms with E-state index in [1.165, 1.54) is 0 Å². The predicted octanol–water partition coefficient (Wildman–Crippen LogP) is 0.858. The first-order valence-corrected chi connectivity index (χ1v) is 8.37. The third-order valence-electron chi connectivity index (χ3n) is 3.47. The smallest absolute Gasteiger partial charge is 0.282 e. The van der Waals surface area contributed by atoms with Crippen LogP contribution in [0, 0.1) is 0 Å². The van der Waals surface area contributed by atoms with Crippen molar-refractivity contribution in [3.05, 3.63) is 0 Å². The summed E-state index contributed by atoms with van der Waals surface area (Å²) < 4.78 is 28.3. The minimum atomic E-state index is -3.31. The molecule has 0 spiro atoms. The molecule has 0 amide bonds. The lowest BCUT2D eigenvalue weighted by molar-refractivity contribution is 0.301. The molecule has 1 heterocycles. The van der Waals surface area contributed by atoms with Crippen LogP contribution in [0.2, 0.25) is 0 Å². The quantitative estimate of drug-likeness (QED) is 0.737. The number of nitrogens with zero attached hydrogens (tertiary/aromatic N) is 2. The highest BCUT2D eigenvalue weighted by Gasteiger charge is 2.40. The van der Waals surface area contributed by atoms with Gasteiger partial charge in [-0.15, -0.1) is 0 Å². The lowest BCUT2D eigenvalue weighted by atomic mass is 10.2. The largest absolute Gasteiger partial charge is 0.393 e. The molecule has 0 unspecified atom stereocenters. The molecule has 1 aliphatic carbocycles. The average molecular weight is 291 g/mol.